The Morgan fingerprint density at radius 2 is 2.06 bits per heavy atom. The Morgan fingerprint density at radius 3 is 2.56 bits per heavy atom. The van der Waals surface area contributed by atoms with Crippen LogP contribution in [0.15, 0.2) is 0 Å². The molecule has 0 aromatic carbocycles. The van der Waals surface area contributed by atoms with E-state index in [1.807, 2.05) is 6.92 Å². The first-order valence-electron chi connectivity index (χ1n) is 6.15. The van der Waals surface area contributed by atoms with Crippen molar-refractivity contribution < 1.29 is 23.1 Å². The zero-order valence-corrected chi connectivity index (χ0v) is 11.8. The third-order valence-electron chi connectivity index (χ3n) is 2.26. The van der Waals surface area contributed by atoms with Gasteiger partial charge in [0.2, 0.25) is 0 Å². The van der Waals surface area contributed by atoms with Crippen molar-refractivity contribution in [1.29, 1.82) is 0 Å². The average Bonchev–Trinajstić information content (AvgIpc) is 2.25. The Morgan fingerprint density at radius 1 is 1.39 bits per heavy atom. The van der Waals surface area contributed by atoms with E-state index in [1.165, 1.54) is 0 Å². The van der Waals surface area contributed by atoms with Gasteiger partial charge in [-0.2, -0.15) is 0 Å². The molecular weight excluding hydrogens is 258 g/mol. The minimum absolute atomic E-state index is 0.0870. The number of carbonyl (C=O) groups excluding carboxylic acids is 1. The van der Waals surface area contributed by atoms with Crippen LogP contribution >= 0.6 is 0 Å². The molecule has 18 heavy (non-hydrogen) atoms. The third kappa shape index (κ3) is 8.43. The first kappa shape index (κ1) is 17.3. The molecule has 0 aliphatic heterocycles. The van der Waals surface area contributed by atoms with Gasteiger partial charge >= 0.3 is 5.97 Å². The van der Waals surface area contributed by atoms with Crippen molar-refractivity contribution in [3.63, 3.8) is 0 Å². The Bertz CT molecular complexity index is 328. The van der Waals surface area contributed by atoms with Gasteiger partial charge in [-0.1, -0.05) is 6.92 Å². The molecule has 0 aliphatic rings. The largest absolute Gasteiger partial charge is 0.465 e. The van der Waals surface area contributed by atoms with Gasteiger partial charge in [-0.25, -0.2) is 8.42 Å². The molecule has 0 bridgehead atoms. The average molecular weight is 281 g/mol. The van der Waals surface area contributed by atoms with Gasteiger partial charge in [0.05, 0.1) is 12.4 Å². The number of aliphatic hydroxyl groups excluding tert-OH is 1. The lowest BCUT2D eigenvalue weighted by Crippen LogP contribution is -2.38. The third-order valence-corrected chi connectivity index (χ3v) is 3.84. The van der Waals surface area contributed by atoms with E-state index in [-0.39, 0.29) is 25.0 Å². The van der Waals surface area contributed by atoms with E-state index >= 15 is 0 Å². The maximum atomic E-state index is 11.7. The van der Waals surface area contributed by atoms with E-state index in [0.29, 0.717) is 13.0 Å². The van der Waals surface area contributed by atoms with Gasteiger partial charge in [0.15, 0.2) is 9.84 Å². The van der Waals surface area contributed by atoms with Crippen molar-refractivity contribution in [2.45, 2.75) is 32.7 Å². The van der Waals surface area contributed by atoms with Gasteiger partial charge in [0.25, 0.3) is 0 Å². The summed E-state index contributed by atoms with van der Waals surface area (Å²) in [5.41, 5.74) is 0. The molecule has 0 aliphatic carbocycles. The molecule has 0 aromatic rings. The molecule has 0 spiro atoms. The molecule has 2 N–H and O–H groups in total. The first-order valence-corrected chi connectivity index (χ1v) is 7.97. The van der Waals surface area contributed by atoms with Crippen molar-refractivity contribution in [1.82, 2.24) is 5.32 Å². The predicted molar refractivity (Wildman–Crippen MR) is 69.1 cm³/mol. The summed E-state index contributed by atoms with van der Waals surface area (Å²) in [6, 6.07) is -0.325. The Labute approximate surface area is 109 Å². The molecule has 0 saturated carbocycles. The highest BCUT2D eigenvalue weighted by atomic mass is 32.2. The van der Waals surface area contributed by atoms with E-state index < -0.39 is 21.6 Å². The Balaban J connectivity index is 4.35. The predicted octanol–water partition coefficient (Wildman–Crippen LogP) is -0.285. The number of sulfone groups is 1. The van der Waals surface area contributed by atoms with Gasteiger partial charge in [-0.15, -0.1) is 0 Å². The van der Waals surface area contributed by atoms with Crippen LogP contribution in [0.1, 0.15) is 26.7 Å². The maximum absolute atomic E-state index is 11.7. The topological polar surface area (TPSA) is 92.7 Å². The molecule has 6 nitrogen and oxygen atoms in total. The molecule has 0 radical (unpaired) electrons. The fourth-order valence-electron chi connectivity index (χ4n) is 1.50. The second kappa shape index (κ2) is 9.29. The molecule has 108 valence electrons. The number of ether oxygens (including phenoxy) is 1. The van der Waals surface area contributed by atoms with Crippen LogP contribution in [0.5, 0.6) is 0 Å². The lowest BCUT2D eigenvalue weighted by molar-refractivity contribution is -0.139. The van der Waals surface area contributed by atoms with Gasteiger partial charge in [-0.05, 0) is 26.3 Å². The van der Waals surface area contributed by atoms with E-state index in [9.17, 15) is 13.2 Å². The van der Waals surface area contributed by atoms with Crippen LogP contribution in [0.4, 0.5) is 0 Å². The first-order chi connectivity index (χ1) is 8.45. The summed E-state index contributed by atoms with van der Waals surface area (Å²) in [4.78, 5) is 11.1. The van der Waals surface area contributed by atoms with Gasteiger partial charge in [-0.3, -0.25) is 4.79 Å². The van der Waals surface area contributed by atoms with E-state index in [4.69, 9.17) is 5.11 Å². The van der Waals surface area contributed by atoms with Crippen LogP contribution in [-0.4, -0.2) is 56.8 Å². The lowest BCUT2D eigenvalue weighted by Gasteiger charge is -2.17. The summed E-state index contributed by atoms with van der Waals surface area (Å²) in [7, 11) is -3.50. The summed E-state index contributed by atoms with van der Waals surface area (Å²) in [5, 5.41) is 11.9. The molecule has 0 saturated heterocycles. The van der Waals surface area contributed by atoms with E-state index in [1.54, 1.807) is 6.92 Å². The van der Waals surface area contributed by atoms with Crippen LogP contribution in [0, 0.1) is 0 Å². The Kier molecular flexibility index (Phi) is 8.95. The molecular formula is C11H23NO5S. The smallest absolute Gasteiger partial charge is 0.321 e. The molecule has 0 fully saturated rings. The summed E-state index contributed by atoms with van der Waals surface area (Å²) in [6.45, 7) is 4.36. The van der Waals surface area contributed by atoms with Crippen molar-refractivity contribution in [2.24, 2.45) is 0 Å². The normalized spacial score (nSPS) is 13.3. The monoisotopic (exact) mass is 281 g/mol. The Hall–Kier alpha value is -0.660. The van der Waals surface area contributed by atoms with E-state index in [2.05, 4.69) is 10.1 Å². The quantitative estimate of drug-likeness (QED) is 0.535. The lowest BCUT2D eigenvalue weighted by atomic mass is 10.2. The van der Waals surface area contributed by atoms with Gasteiger partial charge in [0, 0.05) is 12.6 Å². The van der Waals surface area contributed by atoms with Crippen LogP contribution < -0.4 is 5.32 Å². The zero-order valence-electron chi connectivity index (χ0n) is 11.0. The molecule has 0 heterocycles. The zero-order chi connectivity index (χ0) is 14.0. The van der Waals surface area contributed by atoms with E-state index in [0.717, 1.165) is 6.42 Å². The maximum Gasteiger partial charge on any atom is 0.321 e. The van der Waals surface area contributed by atoms with Crippen molar-refractivity contribution in [3.8, 4) is 0 Å². The molecule has 0 aromatic heterocycles. The number of carbonyl (C=O) groups is 1. The number of hydrogen-bond donors (Lipinski definition) is 2. The fraction of sp³-hybridized carbons (Fsp3) is 0.909. The minimum Gasteiger partial charge on any atom is -0.465 e. The molecule has 1 atom stereocenters. The number of esters is 1. The fourth-order valence-corrected chi connectivity index (χ4v) is 2.95. The molecule has 7 heteroatoms. The SMILES string of the molecule is CCCNC(CCO)CS(=O)(=O)CC(=O)OCC. The second-order valence-corrected chi connectivity index (χ2v) is 6.13. The van der Waals surface area contributed by atoms with Crippen molar-refractivity contribution >= 4 is 15.8 Å². The van der Waals surface area contributed by atoms with Crippen molar-refractivity contribution in [2.75, 3.05) is 31.3 Å². The molecule has 1 unspecified atom stereocenters. The highest BCUT2D eigenvalue weighted by Crippen LogP contribution is 2.01. The van der Waals surface area contributed by atoms with Crippen LogP contribution in [-0.2, 0) is 19.4 Å². The highest BCUT2D eigenvalue weighted by molar-refractivity contribution is 7.92. The number of rotatable bonds is 10. The summed E-state index contributed by atoms with van der Waals surface area (Å²) in [5.74, 6) is -1.49. The van der Waals surface area contributed by atoms with Gasteiger partial charge in [0.1, 0.15) is 5.75 Å². The van der Waals surface area contributed by atoms with Crippen LogP contribution in [0.25, 0.3) is 0 Å². The van der Waals surface area contributed by atoms with Crippen LogP contribution in [0.2, 0.25) is 0 Å². The molecule has 0 amide bonds. The van der Waals surface area contributed by atoms with Crippen molar-refractivity contribution in [3.05, 3.63) is 0 Å². The summed E-state index contributed by atoms with van der Waals surface area (Å²) >= 11 is 0. The standard InChI is InChI=1S/C11H23NO5S/c1-3-6-12-10(5-7-13)8-18(15,16)9-11(14)17-4-2/h10,12-13H,3-9H2,1-2H3. The van der Waals surface area contributed by atoms with Gasteiger partial charge < -0.3 is 15.2 Å². The summed E-state index contributed by atoms with van der Waals surface area (Å²) < 4.78 is 28.1. The molecule has 0 rings (SSSR count). The number of aliphatic hydroxyl groups is 1. The highest BCUT2D eigenvalue weighted by Gasteiger charge is 2.22. The minimum atomic E-state index is -3.50. The second-order valence-electron chi connectivity index (χ2n) is 4.02. The van der Waals surface area contributed by atoms with Crippen LogP contribution in [0.3, 0.4) is 0 Å². The number of nitrogens with one attached hydrogen (secondary N) is 1. The summed E-state index contributed by atoms with van der Waals surface area (Å²) in [6.07, 6.45) is 1.22. The number of hydrogen-bond acceptors (Lipinski definition) is 6.